The number of halogens is 1. The number of aryl methyl sites for hydroxylation is 2. The summed E-state index contributed by atoms with van der Waals surface area (Å²) in [4.78, 5) is 12.5. The zero-order valence-corrected chi connectivity index (χ0v) is 24.1. The number of nitrogens with one attached hydrogen (secondary N) is 1. The number of furan rings is 1. The Kier molecular flexibility index (Phi) is 9.56. The van der Waals surface area contributed by atoms with Crippen molar-refractivity contribution in [1.29, 1.82) is 0 Å². The summed E-state index contributed by atoms with van der Waals surface area (Å²) in [6.45, 7) is 10.7. The van der Waals surface area contributed by atoms with Crippen molar-refractivity contribution < 1.29 is 23.4 Å². The van der Waals surface area contributed by atoms with Crippen LogP contribution in [0.1, 0.15) is 60.5 Å². The van der Waals surface area contributed by atoms with Gasteiger partial charge >= 0.3 is 5.91 Å². The van der Waals surface area contributed by atoms with E-state index in [1.165, 1.54) is 17.6 Å². The highest BCUT2D eigenvalue weighted by Gasteiger charge is 2.15. The van der Waals surface area contributed by atoms with Crippen molar-refractivity contribution in [2.24, 2.45) is 5.10 Å². The molecule has 8 nitrogen and oxygen atoms in total. The number of hydrogen-bond acceptors (Lipinski definition) is 6. The summed E-state index contributed by atoms with van der Waals surface area (Å²) < 4.78 is 25.3. The molecule has 0 fully saturated rings. The predicted molar refractivity (Wildman–Crippen MR) is 156 cm³/mol. The summed E-state index contributed by atoms with van der Waals surface area (Å²) >= 11 is 6.45. The van der Waals surface area contributed by atoms with Crippen LogP contribution in [0.25, 0.3) is 5.69 Å². The molecule has 0 aliphatic rings. The van der Waals surface area contributed by atoms with Crippen LogP contribution in [-0.4, -0.2) is 29.4 Å². The highest BCUT2D eigenvalue weighted by atomic mass is 35.5. The molecule has 2 aromatic heterocycles. The summed E-state index contributed by atoms with van der Waals surface area (Å²) in [5, 5.41) is 4.44. The number of carbonyl (C=O) groups is 1. The lowest BCUT2D eigenvalue weighted by atomic mass is 10.2. The largest absolute Gasteiger partial charge is 0.490 e. The lowest BCUT2D eigenvalue weighted by Gasteiger charge is -2.18. The van der Waals surface area contributed by atoms with Crippen LogP contribution in [0.15, 0.2) is 70.2 Å². The van der Waals surface area contributed by atoms with E-state index in [1.54, 1.807) is 24.3 Å². The maximum atomic E-state index is 12.5. The van der Waals surface area contributed by atoms with Crippen molar-refractivity contribution in [2.75, 3.05) is 6.61 Å². The van der Waals surface area contributed by atoms with E-state index in [-0.39, 0.29) is 18.5 Å². The van der Waals surface area contributed by atoms with Gasteiger partial charge in [-0.05, 0) is 100 Å². The van der Waals surface area contributed by atoms with Gasteiger partial charge in [-0.15, -0.1) is 0 Å². The fraction of sp³-hybridized carbons (Fsp3) is 0.290. The van der Waals surface area contributed by atoms with Crippen molar-refractivity contribution >= 4 is 23.7 Å². The van der Waals surface area contributed by atoms with Gasteiger partial charge in [-0.25, -0.2) is 5.43 Å². The minimum atomic E-state index is -0.489. The standard InChI is InChI=1S/C31H34ClN3O5/c1-6-22(5)39-30-27(32)16-23(17-29(30)37-7-2)18-33-34-31(36)28-15-14-26(40-28)19-38-25-12-10-24(11-13-25)35-20(3)8-9-21(35)4/h8-18,22H,6-7,19H2,1-5H3,(H,34,36)/b33-18+/t22-/m1/s1. The molecule has 4 rings (SSSR count). The normalized spacial score (nSPS) is 11.9. The van der Waals surface area contributed by atoms with Gasteiger partial charge in [0, 0.05) is 17.1 Å². The van der Waals surface area contributed by atoms with Crippen molar-refractivity contribution in [3.8, 4) is 22.9 Å². The van der Waals surface area contributed by atoms with E-state index in [0.29, 0.717) is 40.2 Å². The summed E-state index contributed by atoms with van der Waals surface area (Å²) in [7, 11) is 0. The van der Waals surface area contributed by atoms with Crippen LogP contribution in [0, 0.1) is 13.8 Å². The molecule has 1 N–H and O–H groups in total. The third kappa shape index (κ3) is 7.07. The summed E-state index contributed by atoms with van der Waals surface area (Å²) in [5.41, 5.74) is 6.51. The number of nitrogens with zero attached hydrogens (tertiary/aromatic N) is 2. The van der Waals surface area contributed by atoms with E-state index >= 15 is 0 Å². The molecule has 0 saturated carbocycles. The minimum Gasteiger partial charge on any atom is -0.490 e. The van der Waals surface area contributed by atoms with E-state index in [1.807, 2.05) is 45.0 Å². The van der Waals surface area contributed by atoms with E-state index in [0.717, 1.165) is 12.1 Å². The van der Waals surface area contributed by atoms with Crippen LogP contribution in [0.5, 0.6) is 17.2 Å². The van der Waals surface area contributed by atoms with E-state index in [2.05, 4.69) is 41.1 Å². The van der Waals surface area contributed by atoms with Crippen LogP contribution in [0.3, 0.4) is 0 Å². The van der Waals surface area contributed by atoms with Crippen molar-refractivity contribution in [3.63, 3.8) is 0 Å². The molecule has 1 amide bonds. The lowest BCUT2D eigenvalue weighted by Crippen LogP contribution is -2.16. The molecular formula is C31H34ClN3O5. The molecule has 0 unspecified atom stereocenters. The number of amides is 1. The smallest absolute Gasteiger partial charge is 0.307 e. The third-order valence-electron chi connectivity index (χ3n) is 6.24. The fourth-order valence-corrected chi connectivity index (χ4v) is 4.31. The van der Waals surface area contributed by atoms with Crippen molar-refractivity contribution in [2.45, 2.75) is 53.8 Å². The molecule has 1 atom stereocenters. The first kappa shape index (κ1) is 28.8. The molecular weight excluding hydrogens is 530 g/mol. The second-order valence-electron chi connectivity index (χ2n) is 9.30. The van der Waals surface area contributed by atoms with Gasteiger partial charge in [-0.1, -0.05) is 18.5 Å². The third-order valence-corrected chi connectivity index (χ3v) is 6.52. The molecule has 2 aromatic carbocycles. The maximum absolute atomic E-state index is 12.5. The minimum absolute atomic E-state index is 0.0107. The van der Waals surface area contributed by atoms with Gasteiger partial charge in [0.25, 0.3) is 0 Å². The molecule has 9 heteroatoms. The summed E-state index contributed by atoms with van der Waals surface area (Å²) in [6, 6.07) is 18.7. The summed E-state index contributed by atoms with van der Waals surface area (Å²) in [6.07, 6.45) is 2.30. The summed E-state index contributed by atoms with van der Waals surface area (Å²) in [5.74, 6) is 1.85. The highest BCUT2D eigenvalue weighted by Crippen LogP contribution is 2.37. The van der Waals surface area contributed by atoms with Gasteiger partial charge in [0.1, 0.15) is 18.1 Å². The molecule has 0 aliphatic heterocycles. The maximum Gasteiger partial charge on any atom is 0.307 e. The second kappa shape index (κ2) is 13.3. The molecule has 0 radical (unpaired) electrons. The lowest BCUT2D eigenvalue weighted by molar-refractivity contribution is 0.0923. The van der Waals surface area contributed by atoms with Crippen LogP contribution >= 0.6 is 11.6 Å². The number of benzene rings is 2. The van der Waals surface area contributed by atoms with Gasteiger partial charge in [-0.3, -0.25) is 4.79 Å². The van der Waals surface area contributed by atoms with Gasteiger partial charge in [-0.2, -0.15) is 5.10 Å². The average Bonchev–Trinajstić information content (AvgIpc) is 3.56. The second-order valence-corrected chi connectivity index (χ2v) is 9.71. The first-order chi connectivity index (χ1) is 19.3. The quantitative estimate of drug-likeness (QED) is 0.145. The Morgan fingerprint density at radius 3 is 2.45 bits per heavy atom. The number of ether oxygens (including phenoxy) is 3. The molecule has 0 aliphatic carbocycles. The Hall–Kier alpha value is -4.17. The first-order valence-corrected chi connectivity index (χ1v) is 13.6. The molecule has 2 heterocycles. The zero-order valence-electron chi connectivity index (χ0n) is 23.4. The van der Waals surface area contributed by atoms with Gasteiger partial charge in [0.2, 0.25) is 0 Å². The fourth-order valence-electron chi connectivity index (χ4n) is 4.04. The van der Waals surface area contributed by atoms with Crippen molar-refractivity contribution in [1.82, 2.24) is 9.99 Å². The Morgan fingerprint density at radius 2 is 1.77 bits per heavy atom. The highest BCUT2D eigenvalue weighted by molar-refractivity contribution is 6.32. The Bertz CT molecular complexity index is 1450. The Morgan fingerprint density at radius 1 is 1.05 bits per heavy atom. The van der Waals surface area contributed by atoms with Gasteiger partial charge in [0.15, 0.2) is 17.3 Å². The van der Waals surface area contributed by atoms with E-state index < -0.39 is 5.91 Å². The van der Waals surface area contributed by atoms with Crippen LogP contribution < -0.4 is 19.6 Å². The van der Waals surface area contributed by atoms with Crippen LogP contribution in [0.4, 0.5) is 0 Å². The number of carbonyl (C=O) groups excluding carboxylic acids is 1. The van der Waals surface area contributed by atoms with E-state index in [4.69, 9.17) is 30.2 Å². The zero-order chi connectivity index (χ0) is 28.6. The van der Waals surface area contributed by atoms with Gasteiger partial charge in [0.05, 0.1) is 23.9 Å². The Balaban J connectivity index is 1.33. The van der Waals surface area contributed by atoms with Gasteiger partial charge < -0.3 is 23.2 Å². The SMILES string of the molecule is CCOc1cc(/C=N/NC(=O)c2ccc(COc3ccc(-n4c(C)ccc4C)cc3)o2)cc(Cl)c1O[C@H](C)CC. The Labute approximate surface area is 239 Å². The monoisotopic (exact) mass is 563 g/mol. The molecule has 4 aromatic rings. The number of hydrogen-bond donors (Lipinski definition) is 1. The number of hydrazone groups is 1. The van der Waals surface area contributed by atoms with E-state index in [9.17, 15) is 4.79 Å². The first-order valence-electron chi connectivity index (χ1n) is 13.2. The molecule has 210 valence electrons. The molecule has 0 saturated heterocycles. The number of rotatable bonds is 12. The van der Waals surface area contributed by atoms with Crippen molar-refractivity contribution in [3.05, 3.63) is 94.2 Å². The van der Waals surface area contributed by atoms with Crippen LogP contribution in [-0.2, 0) is 6.61 Å². The number of aromatic nitrogens is 1. The average molecular weight is 564 g/mol. The molecule has 0 spiro atoms. The van der Waals surface area contributed by atoms with Crippen LogP contribution in [0.2, 0.25) is 5.02 Å². The molecule has 0 bridgehead atoms. The molecule has 40 heavy (non-hydrogen) atoms. The predicted octanol–water partition coefficient (Wildman–Crippen LogP) is 7.26. The topological polar surface area (TPSA) is 87.2 Å².